The Morgan fingerprint density at radius 1 is 1.25 bits per heavy atom. The molecular formula is C16H23N5O3. The summed E-state index contributed by atoms with van der Waals surface area (Å²) in [6.45, 7) is 8.01. The fraction of sp³-hybridized carbons (Fsp3) is 0.562. The molecular weight excluding hydrogens is 310 g/mol. The van der Waals surface area contributed by atoms with Crippen molar-refractivity contribution in [1.82, 2.24) is 25.4 Å². The maximum atomic E-state index is 11.9. The van der Waals surface area contributed by atoms with E-state index in [1.165, 1.54) is 0 Å². The zero-order valence-electron chi connectivity index (χ0n) is 14.5. The Bertz CT molecular complexity index is 737. The quantitative estimate of drug-likeness (QED) is 0.786. The number of nitrogens with one attached hydrogen (secondary N) is 2. The number of aromatic amines is 1. The molecule has 8 heteroatoms. The molecule has 24 heavy (non-hydrogen) atoms. The average molecular weight is 333 g/mol. The molecule has 0 atom stereocenters. The van der Waals surface area contributed by atoms with Crippen LogP contribution in [0.3, 0.4) is 0 Å². The molecule has 0 saturated carbocycles. The Morgan fingerprint density at radius 3 is 2.62 bits per heavy atom. The Kier molecular flexibility index (Phi) is 5.83. The van der Waals surface area contributed by atoms with Crippen molar-refractivity contribution in [3.8, 4) is 0 Å². The molecule has 0 aliphatic carbocycles. The van der Waals surface area contributed by atoms with Crippen LogP contribution in [0.1, 0.15) is 54.9 Å². The van der Waals surface area contributed by atoms with Crippen LogP contribution in [0.25, 0.3) is 0 Å². The zero-order valence-corrected chi connectivity index (χ0v) is 14.5. The van der Waals surface area contributed by atoms with Crippen LogP contribution in [0.5, 0.6) is 0 Å². The molecule has 0 spiro atoms. The number of aryl methyl sites for hydroxylation is 2. The minimum absolute atomic E-state index is 0.0661. The predicted octanol–water partition coefficient (Wildman–Crippen LogP) is 1.18. The third kappa shape index (κ3) is 4.74. The Labute approximate surface area is 140 Å². The highest BCUT2D eigenvalue weighted by Gasteiger charge is 2.11. The molecule has 0 aliphatic heterocycles. The van der Waals surface area contributed by atoms with Crippen LogP contribution in [-0.4, -0.2) is 32.6 Å². The van der Waals surface area contributed by atoms with E-state index in [2.05, 4.69) is 25.4 Å². The summed E-state index contributed by atoms with van der Waals surface area (Å²) < 4.78 is 5.13. The van der Waals surface area contributed by atoms with Crippen molar-refractivity contribution < 1.29 is 9.32 Å². The van der Waals surface area contributed by atoms with Crippen molar-refractivity contribution in [2.75, 3.05) is 6.54 Å². The van der Waals surface area contributed by atoms with Gasteiger partial charge >= 0.3 is 5.69 Å². The van der Waals surface area contributed by atoms with Gasteiger partial charge in [-0.1, -0.05) is 19.0 Å². The molecule has 2 rings (SSSR count). The van der Waals surface area contributed by atoms with E-state index in [4.69, 9.17) is 4.52 Å². The number of aromatic nitrogens is 4. The number of hydrogen-bond acceptors (Lipinski definition) is 6. The first-order chi connectivity index (χ1) is 11.4. The van der Waals surface area contributed by atoms with Gasteiger partial charge in [-0.15, -0.1) is 0 Å². The lowest BCUT2D eigenvalue weighted by Crippen LogP contribution is -2.26. The van der Waals surface area contributed by atoms with Crippen molar-refractivity contribution in [2.45, 2.75) is 52.9 Å². The molecule has 0 bridgehead atoms. The second kappa shape index (κ2) is 7.85. The van der Waals surface area contributed by atoms with E-state index in [-0.39, 0.29) is 17.5 Å². The highest BCUT2D eigenvalue weighted by atomic mass is 16.5. The van der Waals surface area contributed by atoms with E-state index < -0.39 is 0 Å². The van der Waals surface area contributed by atoms with E-state index in [1.807, 2.05) is 20.8 Å². The maximum Gasteiger partial charge on any atom is 0.345 e. The Balaban J connectivity index is 1.78. The highest BCUT2D eigenvalue weighted by Crippen LogP contribution is 2.10. The Morgan fingerprint density at radius 2 is 2.00 bits per heavy atom. The van der Waals surface area contributed by atoms with Gasteiger partial charge in [0.05, 0.1) is 0 Å². The fourth-order valence-corrected chi connectivity index (χ4v) is 2.36. The van der Waals surface area contributed by atoms with Crippen LogP contribution in [0.2, 0.25) is 0 Å². The molecule has 0 aromatic carbocycles. The van der Waals surface area contributed by atoms with E-state index in [0.29, 0.717) is 43.2 Å². The first-order valence-corrected chi connectivity index (χ1v) is 8.02. The van der Waals surface area contributed by atoms with Crippen molar-refractivity contribution in [3.05, 3.63) is 39.2 Å². The topological polar surface area (TPSA) is 114 Å². The summed E-state index contributed by atoms with van der Waals surface area (Å²) in [5, 5.41) is 6.71. The van der Waals surface area contributed by atoms with Crippen LogP contribution < -0.4 is 11.0 Å². The van der Waals surface area contributed by atoms with Gasteiger partial charge in [0.25, 0.3) is 0 Å². The zero-order chi connectivity index (χ0) is 17.7. The maximum absolute atomic E-state index is 11.9. The SMILES string of the molecule is Cc1nc(=O)[nH]c(C)c1CCC(=O)NCCc1nc(C(C)C)no1. The summed E-state index contributed by atoms with van der Waals surface area (Å²) in [5.74, 6) is 1.35. The number of carbonyl (C=O) groups is 1. The molecule has 0 aliphatic rings. The Hall–Kier alpha value is -2.51. The largest absolute Gasteiger partial charge is 0.356 e. The average Bonchev–Trinajstić information content (AvgIpc) is 2.95. The minimum atomic E-state index is -0.362. The third-order valence-corrected chi connectivity index (χ3v) is 3.72. The molecule has 0 fully saturated rings. The van der Waals surface area contributed by atoms with E-state index >= 15 is 0 Å². The van der Waals surface area contributed by atoms with Gasteiger partial charge < -0.3 is 14.8 Å². The molecule has 0 saturated heterocycles. The van der Waals surface area contributed by atoms with Crippen LogP contribution in [0, 0.1) is 13.8 Å². The summed E-state index contributed by atoms with van der Waals surface area (Å²) in [6.07, 6.45) is 1.37. The van der Waals surface area contributed by atoms with Gasteiger partial charge in [0.2, 0.25) is 11.8 Å². The molecule has 2 aromatic rings. The van der Waals surface area contributed by atoms with E-state index in [9.17, 15) is 9.59 Å². The van der Waals surface area contributed by atoms with E-state index in [0.717, 1.165) is 11.3 Å². The molecule has 8 nitrogen and oxygen atoms in total. The fourth-order valence-electron chi connectivity index (χ4n) is 2.36. The molecule has 1 amide bonds. The molecule has 0 radical (unpaired) electrons. The van der Waals surface area contributed by atoms with Gasteiger partial charge in [-0.3, -0.25) is 4.79 Å². The second-order valence-electron chi connectivity index (χ2n) is 6.03. The van der Waals surface area contributed by atoms with Crippen LogP contribution in [0.4, 0.5) is 0 Å². The number of carbonyl (C=O) groups excluding carboxylic acids is 1. The summed E-state index contributed by atoms with van der Waals surface area (Å²) in [5.41, 5.74) is 1.96. The summed E-state index contributed by atoms with van der Waals surface area (Å²) in [7, 11) is 0. The van der Waals surface area contributed by atoms with Crippen LogP contribution in [0.15, 0.2) is 9.32 Å². The van der Waals surface area contributed by atoms with Gasteiger partial charge in [-0.05, 0) is 25.8 Å². The lowest BCUT2D eigenvalue weighted by molar-refractivity contribution is -0.121. The summed E-state index contributed by atoms with van der Waals surface area (Å²) >= 11 is 0. The lowest BCUT2D eigenvalue weighted by atomic mass is 10.1. The van der Waals surface area contributed by atoms with Crippen molar-refractivity contribution in [3.63, 3.8) is 0 Å². The lowest BCUT2D eigenvalue weighted by Gasteiger charge is -2.08. The molecule has 2 N–H and O–H groups in total. The van der Waals surface area contributed by atoms with Gasteiger partial charge in [-0.2, -0.15) is 9.97 Å². The highest BCUT2D eigenvalue weighted by molar-refractivity contribution is 5.76. The number of H-pyrrole nitrogens is 1. The van der Waals surface area contributed by atoms with Crippen LogP contribution >= 0.6 is 0 Å². The third-order valence-electron chi connectivity index (χ3n) is 3.72. The van der Waals surface area contributed by atoms with Gasteiger partial charge in [-0.25, -0.2) is 4.79 Å². The van der Waals surface area contributed by atoms with Gasteiger partial charge in [0.15, 0.2) is 5.82 Å². The molecule has 2 aromatic heterocycles. The van der Waals surface area contributed by atoms with Crippen molar-refractivity contribution >= 4 is 5.91 Å². The van der Waals surface area contributed by atoms with Crippen LogP contribution in [-0.2, 0) is 17.6 Å². The normalized spacial score (nSPS) is 11.0. The standard InChI is InChI=1S/C16H23N5O3/c1-9(2)15-20-14(24-21-15)7-8-17-13(22)6-5-12-10(3)18-16(23)19-11(12)4/h9H,5-8H2,1-4H3,(H,17,22)(H,18,19,23). The monoisotopic (exact) mass is 333 g/mol. The number of rotatable bonds is 7. The van der Waals surface area contributed by atoms with E-state index in [1.54, 1.807) is 6.92 Å². The summed E-state index contributed by atoms with van der Waals surface area (Å²) in [6, 6.07) is 0. The minimum Gasteiger partial charge on any atom is -0.356 e. The van der Waals surface area contributed by atoms with Gasteiger partial charge in [0.1, 0.15) is 0 Å². The molecule has 130 valence electrons. The molecule has 0 unspecified atom stereocenters. The first kappa shape index (κ1) is 17.8. The first-order valence-electron chi connectivity index (χ1n) is 8.02. The van der Waals surface area contributed by atoms with Gasteiger partial charge in [0, 0.05) is 36.7 Å². The number of amides is 1. The molecule has 2 heterocycles. The smallest absolute Gasteiger partial charge is 0.345 e. The summed E-state index contributed by atoms with van der Waals surface area (Å²) in [4.78, 5) is 34.0. The predicted molar refractivity (Wildman–Crippen MR) is 87.8 cm³/mol. The van der Waals surface area contributed by atoms with Crippen molar-refractivity contribution in [1.29, 1.82) is 0 Å². The number of hydrogen-bond donors (Lipinski definition) is 2. The second-order valence-corrected chi connectivity index (χ2v) is 6.03. The van der Waals surface area contributed by atoms with Crippen molar-refractivity contribution in [2.24, 2.45) is 0 Å². The number of nitrogens with zero attached hydrogens (tertiary/aromatic N) is 3.